The Labute approximate surface area is 395 Å². The summed E-state index contributed by atoms with van der Waals surface area (Å²) in [5.74, 6) is 2.57. The number of rotatable bonds is 8. The van der Waals surface area contributed by atoms with Crippen LogP contribution in [0.15, 0.2) is 224 Å². The number of hydrogen-bond acceptors (Lipinski definition) is 6. The van der Waals surface area contributed by atoms with E-state index in [2.05, 4.69) is 88.0 Å². The number of hydrogen-bond donors (Lipinski definition) is 0. The minimum atomic E-state index is -0.442. The van der Waals surface area contributed by atoms with Gasteiger partial charge in [-0.1, -0.05) is 164 Å². The maximum absolute atomic E-state index is 16.9. The van der Waals surface area contributed by atoms with E-state index in [1.54, 1.807) is 12.1 Å². The average Bonchev–Trinajstić information content (AvgIpc) is 3.95. The van der Waals surface area contributed by atoms with Gasteiger partial charge in [0.1, 0.15) is 5.82 Å². The Hall–Kier alpha value is -9.47. The molecule has 324 valence electrons. The molecule has 13 aromatic rings. The second-order valence-corrected chi connectivity index (χ2v) is 16.8. The summed E-state index contributed by atoms with van der Waals surface area (Å²) in [6, 6.07) is 74.4. The molecule has 0 aliphatic rings. The molecule has 69 heavy (non-hydrogen) atoms. The smallest absolute Gasteiger partial charge is 0.167 e. The first-order chi connectivity index (χ1) is 34.1. The van der Waals surface area contributed by atoms with E-state index in [1.165, 1.54) is 0 Å². The van der Waals surface area contributed by atoms with Gasteiger partial charge in [0.05, 0.1) is 27.6 Å². The lowest BCUT2D eigenvalue weighted by Gasteiger charge is -2.12. The SMILES string of the molecule is Fc1cc(-n2c3ccccc3c3c2ccc2c4ccccc4n(-c4ccc(-c5nc(-c6ccccc6)nc(-c6ccccc6)n5)cc4)c23)ccc1-c1nc(-c2ccccc2)nc(-c2ccccc2)n1. The minimum absolute atomic E-state index is 0.259. The second-order valence-electron chi connectivity index (χ2n) is 16.8. The lowest BCUT2D eigenvalue weighted by atomic mass is 10.1. The van der Waals surface area contributed by atoms with E-state index in [4.69, 9.17) is 29.9 Å². The third kappa shape index (κ3) is 6.91. The van der Waals surface area contributed by atoms with E-state index in [0.717, 1.165) is 77.1 Å². The number of nitrogens with zero attached hydrogens (tertiary/aromatic N) is 8. The zero-order chi connectivity index (χ0) is 45.8. The topological polar surface area (TPSA) is 87.2 Å². The van der Waals surface area contributed by atoms with Gasteiger partial charge in [0.15, 0.2) is 34.9 Å². The van der Waals surface area contributed by atoms with Crippen LogP contribution in [0.5, 0.6) is 0 Å². The average molecular weight is 889 g/mol. The number of halogens is 1. The Balaban J connectivity index is 0.959. The highest BCUT2D eigenvalue weighted by Crippen LogP contribution is 2.42. The first-order valence-electron chi connectivity index (χ1n) is 22.7. The van der Waals surface area contributed by atoms with E-state index >= 15 is 4.39 Å². The van der Waals surface area contributed by atoms with E-state index in [0.29, 0.717) is 34.8 Å². The van der Waals surface area contributed by atoms with Crippen LogP contribution in [0.4, 0.5) is 4.39 Å². The Morgan fingerprint density at radius 2 is 0.696 bits per heavy atom. The number of aromatic nitrogens is 8. The zero-order valence-electron chi connectivity index (χ0n) is 36.8. The van der Waals surface area contributed by atoms with Crippen LogP contribution in [-0.4, -0.2) is 39.0 Å². The number of fused-ring (bicyclic) bond motifs is 7. The van der Waals surface area contributed by atoms with Crippen molar-refractivity contribution in [3.8, 4) is 79.7 Å². The van der Waals surface area contributed by atoms with Crippen LogP contribution < -0.4 is 0 Å². The molecule has 4 aromatic heterocycles. The molecule has 0 atom stereocenters. The van der Waals surface area contributed by atoms with Gasteiger partial charge in [-0.2, -0.15) is 0 Å². The standard InChI is InChI=1S/C60H37FN8/c61-49-37-44(33-34-47(49)60-66-57(40-21-9-3-10-22-40)65-58(67-60)41-23-11-4-12-24-41)68-51-28-16-14-26-48(51)53-52(68)36-35-46-45-25-13-15-27-50(45)69(54(46)53)43-31-29-42(30-32-43)59-63-55(38-17-5-1-6-18-38)62-56(64-59)39-19-7-2-8-20-39/h1-37H. The summed E-state index contributed by atoms with van der Waals surface area (Å²) in [5.41, 5.74) is 10.3. The van der Waals surface area contributed by atoms with Crippen LogP contribution in [0.1, 0.15) is 0 Å². The molecular weight excluding hydrogens is 852 g/mol. The molecule has 0 fully saturated rings. The predicted molar refractivity (Wildman–Crippen MR) is 274 cm³/mol. The molecule has 13 rings (SSSR count). The van der Waals surface area contributed by atoms with Crippen LogP contribution in [0, 0.1) is 5.82 Å². The first kappa shape index (κ1) is 39.9. The molecule has 0 bridgehead atoms. The maximum Gasteiger partial charge on any atom is 0.167 e. The Kier molecular flexibility index (Phi) is 9.50. The summed E-state index contributed by atoms with van der Waals surface area (Å²) >= 11 is 0. The molecule has 0 radical (unpaired) electrons. The largest absolute Gasteiger partial charge is 0.309 e. The molecule has 0 spiro atoms. The van der Waals surface area contributed by atoms with Crippen molar-refractivity contribution in [1.29, 1.82) is 0 Å². The lowest BCUT2D eigenvalue weighted by Crippen LogP contribution is -2.02. The monoisotopic (exact) mass is 888 g/mol. The molecule has 9 aromatic carbocycles. The van der Waals surface area contributed by atoms with E-state index in [1.807, 2.05) is 133 Å². The van der Waals surface area contributed by atoms with Crippen molar-refractivity contribution in [2.24, 2.45) is 0 Å². The Bertz CT molecular complexity index is 3940. The van der Waals surface area contributed by atoms with Crippen molar-refractivity contribution in [2.75, 3.05) is 0 Å². The number of benzene rings is 9. The fraction of sp³-hybridized carbons (Fsp3) is 0. The van der Waals surface area contributed by atoms with Crippen molar-refractivity contribution in [2.45, 2.75) is 0 Å². The summed E-state index contributed by atoms with van der Waals surface area (Å²) < 4.78 is 21.4. The highest BCUT2D eigenvalue weighted by atomic mass is 19.1. The molecule has 0 saturated heterocycles. The minimum Gasteiger partial charge on any atom is -0.309 e. The quantitative estimate of drug-likeness (QED) is 0.151. The highest BCUT2D eigenvalue weighted by molar-refractivity contribution is 6.26. The molecule has 0 saturated carbocycles. The van der Waals surface area contributed by atoms with Gasteiger partial charge in [0, 0.05) is 60.7 Å². The van der Waals surface area contributed by atoms with Gasteiger partial charge >= 0.3 is 0 Å². The Morgan fingerprint density at radius 3 is 1.19 bits per heavy atom. The summed E-state index contributed by atoms with van der Waals surface area (Å²) in [7, 11) is 0. The fourth-order valence-electron chi connectivity index (χ4n) is 9.51. The molecule has 4 heterocycles. The second kappa shape index (κ2) is 16.4. The van der Waals surface area contributed by atoms with Crippen molar-refractivity contribution >= 4 is 43.6 Å². The molecular formula is C60H37FN8. The van der Waals surface area contributed by atoms with Gasteiger partial charge in [-0.05, 0) is 60.7 Å². The van der Waals surface area contributed by atoms with Gasteiger partial charge in [0.25, 0.3) is 0 Å². The summed E-state index contributed by atoms with van der Waals surface area (Å²) in [6.45, 7) is 0. The van der Waals surface area contributed by atoms with Crippen LogP contribution >= 0.6 is 0 Å². The van der Waals surface area contributed by atoms with E-state index in [9.17, 15) is 0 Å². The third-order valence-corrected chi connectivity index (χ3v) is 12.7. The molecule has 0 N–H and O–H groups in total. The molecule has 0 unspecified atom stereocenters. The summed E-state index contributed by atoms with van der Waals surface area (Å²) in [6.07, 6.45) is 0. The molecule has 8 nitrogen and oxygen atoms in total. The predicted octanol–water partition coefficient (Wildman–Crippen LogP) is 14.4. The number of para-hydroxylation sites is 2. The summed E-state index contributed by atoms with van der Waals surface area (Å²) in [4.78, 5) is 29.3. The molecule has 0 aliphatic carbocycles. The zero-order valence-corrected chi connectivity index (χ0v) is 36.8. The third-order valence-electron chi connectivity index (χ3n) is 12.7. The fourth-order valence-corrected chi connectivity index (χ4v) is 9.51. The molecule has 0 amide bonds. The summed E-state index contributed by atoms with van der Waals surface area (Å²) in [5, 5.41) is 4.35. The van der Waals surface area contributed by atoms with Crippen molar-refractivity contribution in [3.05, 3.63) is 230 Å². The maximum atomic E-state index is 16.9. The van der Waals surface area contributed by atoms with Gasteiger partial charge in [-0.25, -0.2) is 34.3 Å². The van der Waals surface area contributed by atoms with Crippen LogP contribution in [0.2, 0.25) is 0 Å². The van der Waals surface area contributed by atoms with Crippen molar-refractivity contribution < 1.29 is 4.39 Å². The first-order valence-corrected chi connectivity index (χ1v) is 22.7. The van der Waals surface area contributed by atoms with Crippen molar-refractivity contribution in [3.63, 3.8) is 0 Å². The normalized spacial score (nSPS) is 11.6. The van der Waals surface area contributed by atoms with Crippen LogP contribution in [0.25, 0.3) is 123 Å². The van der Waals surface area contributed by atoms with Crippen molar-refractivity contribution in [1.82, 2.24) is 39.0 Å². The van der Waals surface area contributed by atoms with Gasteiger partial charge < -0.3 is 9.13 Å². The van der Waals surface area contributed by atoms with Crippen LogP contribution in [-0.2, 0) is 0 Å². The molecule has 0 aliphatic heterocycles. The Morgan fingerprint density at radius 1 is 0.290 bits per heavy atom. The van der Waals surface area contributed by atoms with Gasteiger partial charge in [-0.3, -0.25) is 0 Å². The van der Waals surface area contributed by atoms with E-state index in [-0.39, 0.29) is 11.4 Å². The van der Waals surface area contributed by atoms with Gasteiger partial charge in [0.2, 0.25) is 0 Å². The highest BCUT2D eigenvalue weighted by Gasteiger charge is 2.23. The van der Waals surface area contributed by atoms with Crippen LogP contribution in [0.3, 0.4) is 0 Å². The van der Waals surface area contributed by atoms with E-state index < -0.39 is 5.82 Å². The van der Waals surface area contributed by atoms with Gasteiger partial charge in [-0.15, -0.1) is 0 Å². The molecule has 9 heteroatoms. The lowest BCUT2D eigenvalue weighted by molar-refractivity contribution is 0.629.